The highest BCUT2D eigenvalue weighted by Crippen LogP contribution is 2.32. The van der Waals surface area contributed by atoms with Crippen LogP contribution in [0, 0.1) is 17.7 Å². The van der Waals surface area contributed by atoms with Crippen molar-refractivity contribution in [2.45, 2.75) is 65.2 Å². The van der Waals surface area contributed by atoms with Gasteiger partial charge in [-0.05, 0) is 43.2 Å². The average Bonchev–Trinajstić information content (AvgIpc) is 2.56. The second-order valence-corrected chi connectivity index (χ2v) is 6.78. The Labute approximate surface area is 140 Å². The lowest BCUT2D eigenvalue weighted by atomic mass is 9.80. The molecule has 1 saturated carbocycles. The smallest absolute Gasteiger partial charge is 0.168 e. The quantitative estimate of drug-likeness (QED) is 0.520. The van der Waals surface area contributed by atoms with Gasteiger partial charge in [0.05, 0.1) is 13.2 Å². The Hall–Kier alpha value is -1.25. The number of rotatable bonds is 9. The van der Waals surface area contributed by atoms with Gasteiger partial charge in [0.1, 0.15) is 5.75 Å². The van der Waals surface area contributed by atoms with Crippen LogP contribution in [0.1, 0.15) is 65.2 Å². The minimum absolute atomic E-state index is 0.321. The molecule has 1 fully saturated rings. The molecule has 0 bridgehead atoms. The second-order valence-electron chi connectivity index (χ2n) is 6.78. The van der Waals surface area contributed by atoms with Crippen LogP contribution in [0.4, 0.5) is 4.39 Å². The molecule has 1 aliphatic carbocycles. The van der Waals surface area contributed by atoms with E-state index in [0.717, 1.165) is 18.8 Å². The Balaban J connectivity index is 1.75. The molecule has 0 spiro atoms. The Morgan fingerprint density at radius 2 is 1.74 bits per heavy atom. The monoisotopic (exact) mass is 322 g/mol. The van der Waals surface area contributed by atoms with E-state index < -0.39 is 0 Å². The van der Waals surface area contributed by atoms with Gasteiger partial charge >= 0.3 is 0 Å². The Morgan fingerprint density at radius 3 is 2.39 bits per heavy atom. The number of unbranched alkanes of at least 4 members (excludes halogenated alkanes) is 1. The summed E-state index contributed by atoms with van der Waals surface area (Å²) in [5.74, 6) is 2.08. The zero-order valence-corrected chi connectivity index (χ0v) is 14.7. The summed E-state index contributed by atoms with van der Waals surface area (Å²) in [7, 11) is 0. The second kappa shape index (κ2) is 9.79. The van der Waals surface area contributed by atoms with Crippen LogP contribution in [0.5, 0.6) is 11.5 Å². The van der Waals surface area contributed by atoms with Gasteiger partial charge in [-0.3, -0.25) is 0 Å². The number of halogens is 1. The van der Waals surface area contributed by atoms with Crippen molar-refractivity contribution in [3.8, 4) is 11.5 Å². The van der Waals surface area contributed by atoms with Gasteiger partial charge < -0.3 is 9.47 Å². The summed E-state index contributed by atoms with van der Waals surface area (Å²) in [6.45, 7) is 5.63. The first-order chi connectivity index (χ1) is 11.2. The van der Waals surface area contributed by atoms with Gasteiger partial charge in [-0.25, -0.2) is 4.39 Å². The molecule has 2 nitrogen and oxygen atoms in total. The molecule has 0 N–H and O–H groups in total. The number of hydrogen-bond acceptors (Lipinski definition) is 2. The predicted octanol–water partition coefficient (Wildman–Crippen LogP) is 5.99. The van der Waals surface area contributed by atoms with E-state index in [4.69, 9.17) is 9.47 Å². The average molecular weight is 322 g/mol. The van der Waals surface area contributed by atoms with Crippen LogP contribution < -0.4 is 9.47 Å². The van der Waals surface area contributed by atoms with E-state index >= 15 is 0 Å². The molecule has 0 aliphatic heterocycles. The Kier molecular flexibility index (Phi) is 7.70. The van der Waals surface area contributed by atoms with Crippen LogP contribution in [0.25, 0.3) is 0 Å². The first-order valence-electron chi connectivity index (χ1n) is 9.28. The normalized spacial score (nSPS) is 21.2. The fourth-order valence-electron chi connectivity index (χ4n) is 3.33. The highest BCUT2D eigenvalue weighted by Gasteiger charge is 2.21. The molecule has 0 atom stereocenters. The number of ether oxygens (including phenoxy) is 2. The maximum Gasteiger partial charge on any atom is 0.168 e. The van der Waals surface area contributed by atoms with Crippen molar-refractivity contribution in [2.24, 2.45) is 11.8 Å². The number of benzene rings is 1. The van der Waals surface area contributed by atoms with Crippen molar-refractivity contribution in [1.82, 2.24) is 0 Å². The van der Waals surface area contributed by atoms with E-state index in [-0.39, 0.29) is 5.82 Å². The topological polar surface area (TPSA) is 18.5 Å². The summed E-state index contributed by atoms with van der Waals surface area (Å²) < 4.78 is 25.3. The van der Waals surface area contributed by atoms with Crippen molar-refractivity contribution >= 4 is 0 Å². The van der Waals surface area contributed by atoms with Crippen molar-refractivity contribution < 1.29 is 13.9 Å². The van der Waals surface area contributed by atoms with Gasteiger partial charge in [-0.2, -0.15) is 0 Å². The molecule has 0 saturated heterocycles. The van der Waals surface area contributed by atoms with Gasteiger partial charge in [0.15, 0.2) is 11.6 Å². The van der Waals surface area contributed by atoms with Crippen molar-refractivity contribution in [2.75, 3.05) is 13.2 Å². The molecule has 1 aromatic rings. The minimum atomic E-state index is -0.321. The van der Waals surface area contributed by atoms with E-state index in [9.17, 15) is 4.39 Å². The lowest BCUT2D eigenvalue weighted by Crippen LogP contribution is -2.20. The Bertz CT molecular complexity index is 453. The minimum Gasteiger partial charge on any atom is -0.493 e. The van der Waals surface area contributed by atoms with E-state index in [0.29, 0.717) is 30.6 Å². The van der Waals surface area contributed by atoms with Crippen molar-refractivity contribution in [3.05, 3.63) is 24.0 Å². The predicted molar refractivity (Wildman–Crippen MR) is 92.7 cm³/mol. The van der Waals surface area contributed by atoms with E-state index in [2.05, 4.69) is 13.8 Å². The van der Waals surface area contributed by atoms with Crippen LogP contribution in [0.3, 0.4) is 0 Å². The molecule has 23 heavy (non-hydrogen) atoms. The van der Waals surface area contributed by atoms with Gasteiger partial charge in [0, 0.05) is 6.07 Å². The zero-order valence-electron chi connectivity index (χ0n) is 14.7. The Morgan fingerprint density at radius 1 is 1.00 bits per heavy atom. The molecule has 0 unspecified atom stereocenters. The van der Waals surface area contributed by atoms with Crippen LogP contribution >= 0.6 is 0 Å². The summed E-state index contributed by atoms with van der Waals surface area (Å²) >= 11 is 0. The largest absolute Gasteiger partial charge is 0.493 e. The third-order valence-corrected chi connectivity index (χ3v) is 4.81. The van der Waals surface area contributed by atoms with E-state index in [1.165, 1.54) is 44.6 Å². The maximum atomic E-state index is 14.1. The van der Waals surface area contributed by atoms with Gasteiger partial charge in [-0.1, -0.05) is 46.0 Å². The molecule has 0 radical (unpaired) electrons. The first-order valence-corrected chi connectivity index (χ1v) is 9.28. The molecular weight excluding hydrogens is 291 g/mol. The third kappa shape index (κ3) is 6.04. The molecular formula is C20H31FO2. The SMILES string of the molecule is CCCCOc1ccc(OCC2CCC(CCC)CC2)c(F)c1. The summed E-state index contributed by atoms with van der Waals surface area (Å²) in [6, 6.07) is 4.93. The standard InChI is InChI=1S/C20H31FO2/c1-3-5-13-22-18-11-12-20(19(21)14-18)23-15-17-9-7-16(6-4-2)8-10-17/h11-12,14,16-17H,3-10,13,15H2,1-2H3. The molecule has 2 rings (SSSR count). The highest BCUT2D eigenvalue weighted by molar-refractivity contribution is 5.33. The molecule has 1 aromatic carbocycles. The summed E-state index contributed by atoms with van der Waals surface area (Å²) in [5.41, 5.74) is 0. The maximum absolute atomic E-state index is 14.1. The van der Waals surface area contributed by atoms with Gasteiger partial charge in [0.2, 0.25) is 0 Å². The molecule has 0 aromatic heterocycles. The molecule has 3 heteroatoms. The van der Waals surface area contributed by atoms with Crippen LogP contribution in [0.2, 0.25) is 0 Å². The summed E-state index contributed by atoms with van der Waals surface area (Å²) in [4.78, 5) is 0. The van der Waals surface area contributed by atoms with Gasteiger partial charge in [0.25, 0.3) is 0 Å². The third-order valence-electron chi connectivity index (χ3n) is 4.81. The van der Waals surface area contributed by atoms with E-state index in [1.54, 1.807) is 12.1 Å². The molecule has 130 valence electrons. The van der Waals surface area contributed by atoms with Gasteiger partial charge in [-0.15, -0.1) is 0 Å². The lowest BCUT2D eigenvalue weighted by molar-refractivity contribution is 0.174. The van der Waals surface area contributed by atoms with Crippen molar-refractivity contribution in [1.29, 1.82) is 0 Å². The van der Waals surface area contributed by atoms with Crippen molar-refractivity contribution in [3.63, 3.8) is 0 Å². The molecule has 0 amide bonds. The molecule has 1 aliphatic rings. The molecule has 0 heterocycles. The zero-order chi connectivity index (χ0) is 16.5. The fourth-order valence-corrected chi connectivity index (χ4v) is 3.33. The van der Waals surface area contributed by atoms with Crippen LogP contribution in [-0.4, -0.2) is 13.2 Å². The van der Waals surface area contributed by atoms with Crippen LogP contribution in [0.15, 0.2) is 18.2 Å². The highest BCUT2D eigenvalue weighted by atomic mass is 19.1. The lowest BCUT2D eigenvalue weighted by Gasteiger charge is -2.28. The first kappa shape index (κ1) is 18.1. The van der Waals surface area contributed by atoms with E-state index in [1.807, 2.05) is 0 Å². The summed E-state index contributed by atoms with van der Waals surface area (Å²) in [6.07, 6.45) is 9.72. The summed E-state index contributed by atoms with van der Waals surface area (Å²) in [5, 5.41) is 0. The van der Waals surface area contributed by atoms with Crippen LogP contribution in [-0.2, 0) is 0 Å². The fraction of sp³-hybridized carbons (Fsp3) is 0.700. The number of hydrogen-bond donors (Lipinski definition) is 0.